The summed E-state index contributed by atoms with van der Waals surface area (Å²) in [6.45, 7) is 2.01. The molecule has 1 unspecified atom stereocenters. The van der Waals surface area contributed by atoms with Crippen molar-refractivity contribution in [2.75, 3.05) is 19.8 Å². The molecule has 1 heterocycles. The van der Waals surface area contributed by atoms with Gasteiger partial charge in [-0.2, -0.15) is 0 Å². The molecule has 4 heteroatoms. The van der Waals surface area contributed by atoms with E-state index in [1.165, 1.54) is 0 Å². The van der Waals surface area contributed by atoms with Gasteiger partial charge in [-0.25, -0.2) is 0 Å². The van der Waals surface area contributed by atoms with Crippen molar-refractivity contribution in [2.24, 2.45) is 5.73 Å². The molecule has 1 aliphatic heterocycles. The molecule has 1 fully saturated rings. The van der Waals surface area contributed by atoms with E-state index in [1.54, 1.807) is 0 Å². The lowest BCUT2D eigenvalue weighted by Gasteiger charge is -2.08. The molecule has 0 saturated carbocycles. The van der Waals surface area contributed by atoms with Gasteiger partial charge in [-0.05, 0) is 6.42 Å². The zero-order valence-electron chi connectivity index (χ0n) is 5.80. The Kier molecular flexibility index (Phi) is 2.65. The molecule has 0 radical (unpaired) electrons. The van der Waals surface area contributed by atoms with Gasteiger partial charge in [0.25, 0.3) is 0 Å². The minimum absolute atomic E-state index is 0.192. The summed E-state index contributed by atoms with van der Waals surface area (Å²) in [5.74, 6) is -0.287. The number of hydrogen-bond donors (Lipinski definition) is 2. The largest absolute Gasteiger partial charge is 0.380 e. The SMILES string of the molecule is NC(=O)C1CCOCCN1. The number of amides is 1. The fourth-order valence-electron chi connectivity index (χ4n) is 0.953. The second-order valence-electron chi connectivity index (χ2n) is 2.31. The fourth-order valence-corrected chi connectivity index (χ4v) is 0.953. The number of carbonyl (C=O) groups excluding carboxylic acids is 1. The van der Waals surface area contributed by atoms with E-state index in [0.717, 1.165) is 0 Å². The van der Waals surface area contributed by atoms with Crippen LogP contribution < -0.4 is 11.1 Å². The summed E-state index contributed by atoms with van der Waals surface area (Å²) in [7, 11) is 0. The molecule has 1 saturated heterocycles. The molecule has 0 aliphatic carbocycles. The van der Waals surface area contributed by atoms with Crippen LogP contribution in [0, 0.1) is 0 Å². The predicted octanol–water partition coefficient (Wildman–Crippen LogP) is -1.15. The van der Waals surface area contributed by atoms with Crippen LogP contribution in [-0.2, 0) is 9.53 Å². The number of hydrogen-bond acceptors (Lipinski definition) is 3. The summed E-state index contributed by atoms with van der Waals surface area (Å²) in [5.41, 5.74) is 5.08. The van der Waals surface area contributed by atoms with Crippen molar-refractivity contribution in [3.05, 3.63) is 0 Å². The van der Waals surface area contributed by atoms with Gasteiger partial charge in [0.2, 0.25) is 5.91 Å². The van der Waals surface area contributed by atoms with Gasteiger partial charge < -0.3 is 15.8 Å². The Hall–Kier alpha value is -0.610. The van der Waals surface area contributed by atoms with Crippen molar-refractivity contribution in [3.8, 4) is 0 Å². The van der Waals surface area contributed by atoms with Gasteiger partial charge in [-0.15, -0.1) is 0 Å². The standard InChI is InChI=1S/C6H12N2O2/c7-6(9)5-1-3-10-4-2-8-5/h5,8H,1-4H2,(H2,7,9). The third-order valence-electron chi connectivity index (χ3n) is 1.53. The van der Waals surface area contributed by atoms with Crippen LogP contribution in [0.25, 0.3) is 0 Å². The average molecular weight is 144 g/mol. The molecule has 1 amide bonds. The van der Waals surface area contributed by atoms with Crippen LogP contribution in [0.2, 0.25) is 0 Å². The first-order valence-electron chi connectivity index (χ1n) is 3.41. The maximum absolute atomic E-state index is 10.6. The van der Waals surface area contributed by atoms with Crippen LogP contribution in [-0.4, -0.2) is 31.7 Å². The maximum atomic E-state index is 10.6. The Morgan fingerprint density at radius 3 is 3.10 bits per heavy atom. The fraction of sp³-hybridized carbons (Fsp3) is 0.833. The number of carbonyl (C=O) groups is 1. The summed E-state index contributed by atoms with van der Waals surface area (Å²) in [6.07, 6.45) is 0.690. The van der Waals surface area contributed by atoms with Crippen LogP contribution in [0.4, 0.5) is 0 Å². The van der Waals surface area contributed by atoms with E-state index in [0.29, 0.717) is 26.2 Å². The van der Waals surface area contributed by atoms with Gasteiger partial charge in [0.1, 0.15) is 0 Å². The summed E-state index contributed by atoms with van der Waals surface area (Å²) in [6, 6.07) is -0.192. The van der Waals surface area contributed by atoms with Crippen molar-refractivity contribution in [2.45, 2.75) is 12.5 Å². The molecule has 0 bridgehead atoms. The molecular formula is C6H12N2O2. The minimum Gasteiger partial charge on any atom is -0.380 e. The molecule has 1 aliphatic rings. The first-order chi connectivity index (χ1) is 4.80. The molecule has 0 aromatic carbocycles. The first-order valence-corrected chi connectivity index (χ1v) is 3.41. The minimum atomic E-state index is -0.287. The Morgan fingerprint density at radius 2 is 2.40 bits per heavy atom. The van der Waals surface area contributed by atoms with Gasteiger partial charge in [-0.1, -0.05) is 0 Å². The quantitative estimate of drug-likeness (QED) is 0.488. The van der Waals surface area contributed by atoms with Crippen molar-refractivity contribution < 1.29 is 9.53 Å². The molecule has 58 valence electrons. The van der Waals surface area contributed by atoms with Crippen molar-refractivity contribution in [3.63, 3.8) is 0 Å². The smallest absolute Gasteiger partial charge is 0.234 e. The van der Waals surface area contributed by atoms with Crippen LogP contribution >= 0.6 is 0 Å². The molecule has 1 rings (SSSR count). The predicted molar refractivity (Wildman–Crippen MR) is 36.4 cm³/mol. The van der Waals surface area contributed by atoms with Crippen LogP contribution in [0.15, 0.2) is 0 Å². The summed E-state index contributed by atoms with van der Waals surface area (Å²) < 4.78 is 5.10. The van der Waals surface area contributed by atoms with Gasteiger partial charge in [0.15, 0.2) is 0 Å². The average Bonchev–Trinajstić information content (AvgIpc) is 2.12. The van der Waals surface area contributed by atoms with Crippen LogP contribution in [0.5, 0.6) is 0 Å². The third-order valence-corrected chi connectivity index (χ3v) is 1.53. The van der Waals surface area contributed by atoms with E-state index in [-0.39, 0.29) is 11.9 Å². The molecule has 3 N–H and O–H groups in total. The maximum Gasteiger partial charge on any atom is 0.234 e. The van der Waals surface area contributed by atoms with Gasteiger partial charge in [0, 0.05) is 13.2 Å². The van der Waals surface area contributed by atoms with E-state index in [1.807, 2.05) is 0 Å². The highest BCUT2D eigenvalue weighted by Crippen LogP contribution is 1.95. The second kappa shape index (κ2) is 3.53. The highest BCUT2D eigenvalue weighted by atomic mass is 16.5. The number of ether oxygens (including phenoxy) is 1. The molecule has 0 aromatic heterocycles. The molecule has 0 aromatic rings. The van der Waals surface area contributed by atoms with Crippen LogP contribution in [0.3, 0.4) is 0 Å². The highest BCUT2D eigenvalue weighted by molar-refractivity contribution is 5.79. The van der Waals surface area contributed by atoms with E-state index in [4.69, 9.17) is 10.5 Å². The van der Waals surface area contributed by atoms with Gasteiger partial charge in [-0.3, -0.25) is 4.79 Å². The zero-order valence-corrected chi connectivity index (χ0v) is 5.80. The zero-order chi connectivity index (χ0) is 7.40. The van der Waals surface area contributed by atoms with Crippen molar-refractivity contribution in [1.29, 1.82) is 0 Å². The Bertz CT molecular complexity index is 119. The van der Waals surface area contributed by atoms with E-state index >= 15 is 0 Å². The molecule has 1 atom stereocenters. The molecule has 10 heavy (non-hydrogen) atoms. The van der Waals surface area contributed by atoms with E-state index in [9.17, 15) is 4.79 Å². The summed E-state index contributed by atoms with van der Waals surface area (Å²) in [4.78, 5) is 10.6. The second-order valence-corrected chi connectivity index (χ2v) is 2.31. The Morgan fingerprint density at radius 1 is 1.60 bits per heavy atom. The number of rotatable bonds is 1. The van der Waals surface area contributed by atoms with Gasteiger partial charge >= 0.3 is 0 Å². The highest BCUT2D eigenvalue weighted by Gasteiger charge is 2.15. The lowest BCUT2D eigenvalue weighted by atomic mass is 10.2. The van der Waals surface area contributed by atoms with E-state index in [2.05, 4.69) is 5.32 Å². The lowest BCUT2D eigenvalue weighted by molar-refractivity contribution is -0.120. The first kappa shape index (κ1) is 7.50. The van der Waals surface area contributed by atoms with Crippen molar-refractivity contribution in [1.82, 2.24) is 5.32 Å². The number of nitrogens with one attached hydrogen (secondary N) is 1. The summed E-state index contributed by atoms with van der Waals surface area (Å²) >= 11 is 0. The molecule has 4 nitrogen and oxygen atoms in total. The molecule has 0 spiro atoms. The summed E-state index contributed by atoms with van der Waals surface area (Å²) in [5, 5.41) is 2.98. The Labute approximate surface area is 59.7 Å². The van der Waals surface area contributed by atoms with Gasteiger partial charge in [0.05, 0.1) is 12.6 Å². The monoisotopic (exact) mass is 144 g/mol. The Balaban J connectivity index is 2.35. The lowest BCUT2D eigenvalue weighted by Crippen LogP contribution is -2.41. The third kappa shape index (κ3) is 1.97. The van der Waals surface area contributed by atoms with Crippen LogP contribution in [0.1, 0.15) is 6.42 Å². The topological polar surface area (TPSA) is 64.4 Å². The normalized spacial score (nSPS) is 27.4. The number of nitrogens with two attached hydrogens (primary N) is 1. The van der Waals surface area contributed by atoms with E-state index < -0.39 is 0 Å². The van der Waals surface area contributed by atoms with Crippen molar-refractivity contribution >= 4 is 5.91 Å². The molecular weight excluding hydrogens is 132 g/mol. The number of primary amides is 1.